The van der Waals surface area contributed by atoms with Crippen molar-refractivity contribution in [3.8, 4) is 0 Å². The highest BCUT2D eigenvalue weighted by molar-refractivity contribution is 5.99. The summed E-state index contributed by atoms with van der Waals surface area (Å²) in [6.45, 7) is 3.51. The van der Waals surface area contributed by atoms with Crippen molar-refractivity contribution in [2.45, 2.75) is 32.5 Å². The van der Waals surface area contributed by atoms with Gasteiger partial charge in [0.05, 0.1) is 22.8 Å². The monoisotopic (exact) mass is 376 g/mol. The number of aromatic amines is 1. The van der Waals surface area contributed by atoms with Crippen LogP contribution in [0.25, 0.3) is 11.0 Å². The van der Waals surface area contributed by atoms with Crippen LogP contribution in [0.3, 0.4) is 0 Å². The van der Waals surface area contributed by atoms with Gasteiger partial charge in [-0.15, -0.1) is 0 Å². The Balaban J connectivity index is 1.84. The van der Waals surface area contributed by atoms with Crippen molar-refractivity contribution in [1.29, 1.82) is 0 Å². The minimum Gasteiger partial charge on any atom is -0.349 e. The number of benzene rings is 2. The second-order valence-electron chi connectivity index (χ2n) is 6.18. The first kappa shape index (κ1) is 18.8. The van der Waals surface area contributed by atoms with Crippen molar-refractivity contribution in [2.75, 3.05) is 10.6 Å². The maximum absolute atomic E-state index is 12.9. The van der Waals surface area contributed by atoms with E-state index in [9.17, 15) is 18.0 Å². The van der Waals surface area contributed by atoms with Crippen molar-refractivity contribution in [2.24, 2.45) is 0 Å². The van der Waals surface area contributed by atoms with Gasteiger partial charge in [0.25, 0.3) is 0 Å². The van der Waals surface area contributed by atoms with Crippen LogP contribution in [0.2, 0.25) is 0 Å². The topological polar surface area (TPSA) is 69.8 Å². The van der Waals surface area contributed by atoms with E-state index in [1.54, 1.807) is 32.0 Å². The molecular formula is C19H19F3N4O. The molecular weight excluding hydrogens is 357 g/mol. The van der Waals surface area contributed by atoms with Gasteiger partial charge in [-0.2, -0.15) is 13.2 Å². The molecule has 0 aliphatic carbocycles. The molecule has 1 atom stereocenters. The van der Waals surface area contributed by atoms with Crippen LogP contribution in [-0.2, 0) is 11.0 Å². The fourth-order valence-corrected chi connectivity index (χ4v) is 2.71. The van der Waals surface area contributed by atoms with Crippen molar-refractivity contribution in [1.82, 2.24) is 9.97 Å². The molecule has 0 saturated heterocycles. The molecule has 0 saturated carbocycles. The lowest BCUT2D eigenvalue weighted by molar-refractivity contribution is -0.137. The summed E-state index contributed by atoms with van der Waals surface area (Å²) in [4.78, 5) is 19.2. The number of rotatable bonds is 5. The number of imidazole rings is 1. The molecule has 1 aromatic heterocycles. The second kappa shape index (κ2) is 7.30. The van der Waals surface area contributed by atoms with E-state index in [-0.39, 0.29) is 5.91 Å². The number of nitrogens with one attached hydrogen (secondary N) is 3. The number of hydrogen-bond acceptors (Lipinski definition) is 3. The van der Waals surface area contributed by atoms with E-state index in [1.165, 1.54) is 6.07 Å². The maximum atomic E-state index is 12.9. The highest BCUT2D eigenvalue weighted by Gasteiger charge is 2.30. The van der Waals surface area contributed by atoms with Gasteiger partial charge in [-0.25, -0.2) is 4.98 Å². The van der Waals surface area contributed by atoms with Crippen LogP contribution in [-0.4, -0.2) is 15.9 Å². The van der Waals surface area contributed by atoms with Gasteiger partial charge in [0.2, 0.25) is 11.9 Å². The minimum atomic E-state index is -4.39. The summed E-state index contributed by atoms with van der Waals surface area (Å²) < 4.78 is 38.7. The zero-order valence-corrected chi connectivity index (χ0v) is 14.8. The van der Waals surface area contributed by atoms with Gasteiger partial charge < -0.3 is 15.6 Å². The molecule has 27 heavy (non-hydrogen) atoms. The lowest BCUT2D eigenvalue weighted by atomic mass is 10.1. The molecule has 1 amide bonds. The van der Waals surface area contributed by atoms with Crippen LogP contribution in [0.4, 0.5) is 24.8 Å². The number of amides is 1. The number of H-pyrrole nitrogens is 1. The number of halogens is 3. The number of fused-ring (bicyclic) bond motifs is 1. The Morgan fingerprint density at radius 2 is 1.96 bits per heavy atom. The number of hydrogen-bond donors (Lipinski definition) is 3. The van der Waals surface area contributed by atoms with Crippen LogP contribution in [0.1, 0.15) is 37.4 Å². The minimum absolute atomic E-state index is 0.127. The Kier molecular flexibility index (Phi) is 5.07. The Hall–Kier alpha value is -3.03. The van der Waals surface area contributed by atoms with Crippen LogP contribution in [0, 0.1) is 0 Å². The summed E-state index contributed by atoms with van der Waals surface area (Å²) in [6, 6.07) is 10.1. The zero-order chi connectivity index (χ0) is 19.6. The molecule has 3 rings (SSSR count). The Morgan fingerprint density at radius 1 is 1.22 bits per heavy atom. The molecule has 1 unspecified atom stereocenters. The lowest BCUT2D eigenvalue weighted by Crippen LogP contribution is -2.11. The first-order valence-electron chi connectivity index (χ1n) is 8.50. The highest BCUT2D eigenvalue weighted by Crippen LogP contribution is 2.31. The molecule has 0 bridgehead atoms. The second-order valence-corrected chi connectivity index (χ2v) is 6.18. The van der Waals surface area contributed by atoms with Crippen molar-refractivity contribution < 1.29 is 18.0 Å². The number of carbonyl (C=O) groups is 1. The lowest BCUT2D eigenvalue weighted by Gasteiger charge is -2.15. The van der Waals surface area contributed by atoms with Crippen molar-refractivity contribution >= 4 is 28.6 Å². The van der Waals surface area contributed by atoms with E-state index in [0.717, 1.165) is 12.1 Å². The van der Waals surface area contributed by atoms with E-state index in [1.807, 2.05) is 6.07 Å². The smallest absolute Gasteiger partial charge is 0.349 e. The molecule has 142 valence electrons. The van der Waals surface area contributed by atoms with Gasteiger partial charge in [-0.1, -0.05) is 25.1 Å². The van der Waals surface area contributed by atoms with E-state index in [2.05, 4.69) is 20.6 Å². The number of aromatic nitrogens is 2. The van der Waals surface area contributed by atoms with Gasteiger partial charge >= 0.3 is 6.18 Å². The zero-order valence-electron chi connectivity index (χ0n) is 14.8. The average Bonchev–Trinajstić information content (AvgIpc) is 3.04. The summed E-state index contributed by atoms with van der Waals surface area (Å²) in [5.41, 5.74) is 1.67. The molecule has 0 fully saturated rings. The molecule has 8 heteroatoms. The van der Waals surface area contributed by atoms with Crippen LogP contribution in [0.15, 0.2) is 42.5 Å². The van der Waals surface area contributed by atoms with E-state index in [4.69, 9.17) is 0 Å². The van der Waals surface area contributed by atoms with Gasteiger partial charge in [0.15, 0.2) is 0 Å². The van der Waals surface area contributed by atoms with E-state index >= 15 is 0 Å². The molecule has 1 heterocycles. The summed E-state index contributed by atoms with van der Waals surface area (Å²) in [7, 11) is 0. The maximum Gasteiger partial charge on any atom is 0.416 e. The van der Waals surface area contributed by atoms with E-state index < -0.39 is 17.8 Å². The number of para-hydroxylation sites is 1. The van der Waals surface area contributed by atoms with Crippen molar-refractivity contribution in [3.05, 3.63) is 53.6 Å². The Bertz CT molecular complexity index is 965. The quantitative estimate of drug-likeness (QED) is 0.580. The standard InChI is InChI=1S/C19H19F3N4O/c1-3-16(27)24-14-8-5-9-15-17(14)26-18(25-15)23-11(2)12-6-4-7-13(10-12)19(20,21)22/h4-11H,3H2,1-2H3,(H,24,27)(H2,23,25,26). The fraction of sp³-hybridized carbons (Fsp3) is 0.263. The number of nitrogens with zero attached hydrogens (tertiary/aromatic N) is 1. The summed E-state index contributed by atoms with van der Waals surface area (Å²) >= 11 is 0. The molecule has 0 radical (unpaired) electrons. The Labute approximate surface area is 154 Å². The molecule has 3 aromatic rings. The third-order valence-corrected chi connectivity index (χ3v) is 4.18. The number of alkyl halides is 3. The van der Waals surface area contributed by atoms with Crippen LogP contribution in [0.5, 0.6) is 0 Å². The molecule has 0 spiro atoms. The highest BCUT2D eigenvalue weighted by atomic mass is 19.4. The normalized spacial score (nSPS) is 12.8. The van der Waals surface area contributed by atoms with Gasteiger partial charge in [-0.3, -0.25) is 4.79 Å². The predicted molar refractivity (Wildman–Crippen MR) is 98.5 cm³/mol. The van der Waals surface area contributed by atoms with Gasteiger partial charge in [0.1, 0.15) is 5.52 Å². The number of carbonyl (C=O) groups excluding carboxylic acids is 1. The Morgan fingerprint density at radius 3 is 2.67 bits per heavy atom. The summed E-state index contributed by atoms with van der Waals surface area (Å²) in [6.07, 6.45) is -4.04. The predicted octanol–water partition coefficient (Wildman–Crippen LogP) is 5.10. The van der Waals surface area contributed by atoms with Crippen LogP contribution >= 0.6 is 0 Å². The first-order chi connectivity index (χ1) is 12.8. The third kappa shape index (κ3) is 4.21. The molecule has 2 aromatic carbocycles. The molecule has 0 aliphatic rings. The largest absolute Gasteiger partial charge is 0.416 e. The van der Waals surface area contributed by atoms with Crippen LogP contribution < -0.4 is 10.6 Å². The summed E-state index contributed by atoms with van der Waals surface area (Å²) in [5, 5.41) is 5.86. The summed E-state index contributed by atoms with van der Waals surface area (Å²) in [5.74, 6) is 0.283. The SMILES string of the molecule is CCC(=O)Nc1cccc2[nH]c(NC(C)c3cccc(C(F)(F)F)c3)nc12. The molecule has 0 aliphatic heterocycles. The first-order valence-corrected chi connectivity index (χ1v) is 8.50. The molecule has 5 nitrogen and oxygen atoms in total. The average molecular weight is 376 g/mol. The fourth-order valence-electron chi connectivity index (χ4n) is 2.71. The number of anilines is 2. The third-order valence-electron chi connectivity index (χ3n) is 4.18. The molecule has 3 N–H and O–H groups in total. The van der Waals surface area contributed by atoms with Crippen molar-refractivity contribution in [3.63, 3.8) is 0 Å². The van der Waals surface area contributed by atoms with Gasteiger partial charge in [0, 0.05) is 6.42 Å². The van der Waals surface area contributed by atoms with E-state index in [0.29, 0.717) is 34.7 Å². The van der Waals surface area contributed by atoms with Gasteiger partial charge in [-0.05, 0) is 36.8 Å².